The summed E-state index contributed by atoms with van der Waals surface area (Å²) in [6, 6.07) is 15.4. The first-order valence-corrected chi connectivity index (χ1v) is 11.0. The van der Waals surface area contributed by atoms with Crippen LogP contribution in [-0.2, 0) is 11.3 Å². The summed E-state index contributed by atoms with van der Waals surface area (Å²) >= 11 is 6.83. The van der Waals surface area contributed by atoms with Gasteiger partial charge in [0, 0.05) is 26.7 Å². The lowest BCUT2D eigenvalue weighted by atomic mass is 9.97. The van der Waals surface area contributed by atoms with Crippen molar-refractivity contribution in [1.82, 2.24) is 15.0 Å². The average molecular weight is 520 g/mol. The van der Waals surface area contributed by atoms with Crippen molar-refractivity contribution < 1.29 is 9.32 Å². The summed E-state index contributed by atoms with van der Waals surface area (Å²) in [5, 5.41) is 7.10. The maximum absolute atomic E-state index is 12.7. The number of rotatable bonds is 5. The van der Waals surface area contributed by atoms with Gasteiger partial charge >= 0.3 is 0 Å². The number of likely N-dealkylation sites (tertiary alicyclic amines) is 1. The minimum atomic E-state index is -0.0544. The lowest BCUT2D eigenvalue weighted by Gasteiger charge is -2.30. The van der Waals surface area contributed by atoms with Crippen LogP contribution >= 0.6 is 31.9 Å². The number of hydrogen-bond acceptors (Lipinski definition) is 5. The van der Waals surface area contributed by atoms with Crippen molar-refractivity contribution in [2.24, 2.45) is 5.92 Å². The molecule has 1 saturated heterocycles. The topological polar surface area (TPSA) is 71.3 Å². The molecule has 6 nitrogen and oxygen atoms in total. The molecule has 2 aromatic carbocycles. The van der Waals surface area contributed by atoms with Gasteiger partial charge in [0.2, 0.25) is 17.6 Å². The summed E-state index contributed by atoms with van der Waals surface area (Å²) in [4.78, 5) is 19.4. The molecule has 0 bridgehead atoms. The van der Waals surface area contributed by atoms with Crippen LogP contribution in [0.15, 0.2) is 62.0 Å². The third-order valence-corrected chi connectivity index (χ3v) is 5.97. The number of nitrogens with zero attached hydrogens (tertiary/aromatic N) is 3. The monoisotopic (exact) mass is 518 g/mol. The third-order valence-electron chi connectivity index (χ3n) is 4.92. The highest BCUT2D eigenvalue weighted by atomic mass is 79.9. The quantitative estimate of drug-likeness (QED) is 0.507. The molecule has 1 atom stereocenters. The van der Waals surface area contributed by atoms with Crippen molar-refractivity contribution >= 4 is 43.5 Å². The van der Waals surface area contributed by atoms with Gasteiger partial charge in [-0.2, -0.15) is 4.98 Å². The Hall–Kier alpha value is -2.03. The number of aromatic nitrogens is 2. The SMILES string of the molecule is O=C(Nc1ccc(Br)cc1)C1CCCN(Cc2nc(-c3ccc(Br)cc3)no2)C1. The smallest absolute Gasteiger partial charge is 0.241 e. The van der Waals surface area contributed by atoms with Crippen LogP contribution in [0.3, 0.4) is 0 Å². The first-order chi connectivity index (χ1) is 14.1. The number of hydrogen-bond donors (Lipinski definition) is 1. The zero-order valence-electron chi connectivity index (χ0n) is 15.6. The Morgan fingerprint density at radius 3 is 2.52 bits per heavy atom. The van der Waals surface area contributed by atoms with E-state index in [0.29, 0.717) is 24.8 Å². The molecule has 1 fully saturated rings. The molecule has 1 unspecified atom stereocenters. The average Bonchev–Trinajstić information content (AvgIpc) is 3.19. The molecule has 3 aromatic rings. The molecule has 0 saturated carbocycles. The van der Waals surface area contributed by atoms with Crippen molar-refractivity contribution in [2.45, 2.75) is 19.4 Å². The van der Waals surface area contributed by atoms with E-state index in [-0.39, 0.29) is 11.8 Å². The molecule has 1 amide bonds. The number of carbonyl (C=O) groups is 1. The maximum Gasteiger partial charge on any atom is 0.241 e. The summed E-state index contributed by atoms with van der Waals surface area (Å²) in [6.45, 7) is 2.14. The highest BCUT2D eigenvalue weighted by Crippen LogP contribution is 2.23. The molecule has 2 heterocycles. The lowest BCUT2D eigenvalue weighted by Crippen LogP contribution is -2.40. The molecule has 150 valence electrons. The molecule has 4 rings (SSSR count). The zero-order valence-corrected chi connectivity index (χ0v) is 18.8. The Morgan fingerprint density at radius 1 is 1.10 bits per heavy atom. The van der Waals surface area contributed by atoms with E-state index in [1.807, 2.05) is 48.5 Å². The van der Waals surface area contributed by atoms with Gasteiger partial charge in [-0.05, 0) is 67.9 Å². The van der Waals surface area contributed by atoms with E-state index < -0.39 is 0 Å². The highest BCUT2D eigenvalue weighted by molar-refractivity contribution is 9.10. The molecule has 1 aliphatic heterocycles. The van der Waals surface area contributed by atoms with Crippen molar-refractivity contribution in [3.63, 3.8) is 0 Å². The number of amides is 1. The Labute approximate surface area is 185 Å². The van der Waals surface area contributed by atoms with Gasteiger partial charge in [-0.25, -0.2) is 0 Å². The van der Waals surface area contributed by atoms with Crippen LogP contribution in [0.1, 0.15) is 18.7 Å². The van der Waals surface area contributed by atoms with E-state index >= 15 is 0 Å². The molecule has 8 heteroatoms. The van der Waals surface area contributed by atoms with Gasteiger partial charge in [0.05, 0.1) is 12.5 Å². The molecule has 1 aliphatic rings. The molecule has 1 N–H and O–H groups in total. The maximum atomic E-state index is 12.7. The zero-order chi connectivity index (χ0) is 20.2. The molecule has 1 aromatic heterocycles. The van der Waals surface area contributed by atoms with E-state index in [0.717, 1.165) is 39.6 Å². The van der Waals surface area contributed by atoms with Gasteiger partial charge < -0.3 is 9.84 Å². The van der Waals surface area contributed by atoms with Gasteiger partial charge in [-0.3, -0.25) is 9.69 Å². The van der Waals surface area contributed by atoms with E-state index in [2.05, 4.69) is 52.2 Å². The lowest BCUT2D eigenvalue weighted by molar-refractivity contribution is -0.121. The number of carbonyl (C=O) groups excluding carboxylic acids is 1. The van der Waals surface area contributed by atoms with Crippen LogP contribution in [0.5, 0.6) is 0 Å². The van der Waals surface area contributed by atoms with Gasteiger partial charge in [0.15, 0.2) is 0 Å². The van der Waals surface area contributed by atoms with Gasteiger partial charge in [0.25, 0.3) is 0 Å². The van der Waals surface area contributed by atoms with Crippen LogP contribution in [0.4, 0.5) is 5.69 Å². The Bertz CT molecular complexity index is 973. The summed E-state index contributed by atoms with van der Waals surface area (Å²) in [7, 11) is 0. The highest BCUT2D eigenvalue weighted by Gasteiger charge is 2.27. The number of benzene rings is 2. The number of nitrogens with one attached hydrogen (secondary N) is 1. The fraction of sp³-hybridized carbons (Fsp3) is 0.286. The third kappa shape index (κ3) is 5.32. The van der Waals surface area contributed by atoms with E-state index in [1.165, 1.54) is 0 Å². The second kappa shape index (κ2) is 9.19. The first-order valence-electron chi connectivity index (χ1n) is 9.44. The predicted octanol–water partition coefficient (Wildman–Crippen LogP) is 5.11. The van der Waals surface area contributed by atoms with Crippen LogP contribution in [0, 0.1) is 5.92 Å². The molecule has 0 aliphatic carbocycles. The standard InChI is InChI=1S/C21H20Br2N4O2/c22-16-5-3-14(4-6-16)20-25-19(29-26-20)13-27-11-1-2-15(12-27)21(28)24-18-9-7-17(23)8-10-18/h3-10,15H,1-2,11-13H2,(H,24,28). The van der Waals surface area contributed by atoms with Crippen molar-refractivity contribution in [3.05, 3.63) is 63.4 Å². The van der Waals surface area contributed by atoms with E-state index in [4.69, 9.17) is 4.52 Å². The minimum Gasteiger partial charge on any atom is -0.338 e. The second-order valence-corrected chi connectivity index (χ2v) is 8.92. The Balaban J connectivity index is 1.35. The predicted molar refractivity (Wildman–Crippen MR) is 118 cm³/mol. The normalized spacial score (nSPS) is 17.2. The van der Waals surface area contributed by atoms with Crippen LogP contribution in [0.25, 0.3) is 11.4 Å². The molecular weight excluding hydrogens is 500 g/mol. The summed E-state index contributed by atoms with van der Waals surface area (Å²) in [5.74, 6) is 1.14. The Morgan fingerprint density at radius 2 is 1.79 bits per heavy atom. The van der Waals surface area contributed by atoms with Gasteiger partial charge in [-0.15, -0.1) is 0 Å². The van der Waals surface area contributed by atoms with Crippen molar-refractivity contribution in [3.8, 4) is 11.4 Å². The Kier molecular flexibility index (Phi) is 6.42. The molecular formula is C21H20Br2N4O2. The fourth-order valence-corrected chi connectivity index (χ4v) is 3.95. The fourth-order valence-electron chi connectivity index (χ4n) is 3.42. The van der Waals surface area contributed by atoms with Crippen molar-refractivity contribution in [1.29, 1.82) is 0 Å². The van der Waals surface area contributed by atoms with Crippen LogP contribution in [0.2, 0.25) is 0 Å². The van der Waals surface area contributed by atoms with Crippen molar-refractivity contribution in [2.75, 3.05) is 18.4 Å². The molecule has 29 heavy (non-hydrogen) atoms. The molecule has 0 spiro atoms. The largest absolute Gasteiger partial charge is 0.338 e. The summed E-state index contributed by atoms with van der Waals surface area (Å²) in [6.07, 6.45) is 1.85. The number of piperidine rings is 1. The summed E-state index contributed by atoms with van der Waals surface area (Å²) in [5.41, 5.74) is 1.72. The van der Waals surface area contributed by atoms with E-state index in [1.54, 1.807) is 0 Å². The summed E-state index contributed by atoms with van der Waals surface area (Å²) < 4.78 is 7.43. The minimum absolute atomic E-state index is 0.0538. The van der Waals surface area contributed by atoms with E-state index in [9.17, 15) is 4.79 Å². The number of anilines is 1. The molecule has 0 radical (unpaired) electrons. The number of halogens is 2. The van der Waals surface area contributed by atoms with Gasteiger partial charge in [-0.1, -0.05) is 37.0 Å². The second-order valence-electron chi connectivity index (χ2n) is 7.09. The van der Waals surface area contributed by atoms with Crippen LogP contribution < -0.4 is 5.32 Å². The van der Waals surface area contributed by atoms with Crippen LogP contribution in [-0.4, -0.2) is 34.0 Å². The first kappa shape index (κ1) is 20.3. The van der Waals surface area contributed by atoms with Gasteiger partial charge in [0.1, 0.15) is 0 Å².